The van der Waals surface area contributed by atoms with Crippen LogP contribution in [0.15, 0.2) is 229 Å². The monoisotopic (exact) mass is 817 g/mol. The fourth-order valence-electron chi connectivity index (χ4n) is 10.1. The molecule has 294 valence electrons. The van der Waals surface area contributed by atoms with Crippen molar-refractivity contribution in [2.24, 2.45) is 0 Å². The zero-order valence-electron chi connectivity index (χ0n) is 34.4. The molecule has 0 aliphatic carbocycles. The van der Waals surface area contributed by atoms with E-state index in [1.54, 1.807) is 0 Å². The van der Waals surface area contributed by atoms with E-state index in [0.29, 0.717) is 0 Å². The van der Waals surface area contributed by atoms with E-state index in [0.717, 1.165) is 22.1 Å². The van der Waals surface area contributed by atoms with Crippen LogP contribution in [0.4, 0.5) is 0 Å². The lowest BCUT2D eigenvalue weighted by atomic mass is 9.97. The number of nitrogens with zero attached hydrogens (tertiary/aromatic N) is 1. The summed E-state index contributed by atoms with van der Waals surface area (Å²) in [6, 6.07) is 82.4. The Labute approximate surface area is 367 Å². The van der Waals surface area contributed by atoms with Gasteiger partial charge in [0, 0.05) is 32.8 Å². The first kappa shape index (κ1) is 35.7. The minimum atomic E-state index is -0.747. The minimum absolute atomic E-state index is 0.747. The van der Waals surface area contributed by atoms with E-state index in [1.807, 2.05) is 6.07 Å². The molecule has 2 aromatic heterocycles. The summed E-state index contributed by atoms with van der Waals surface area (Å²) in [6.07, 6.45) is 0. The second-order valence-electron chi connectivity index (χ2n) is 16.9. The Morgan fingerprint density at radius 2 is 0.778 bits per heavy atom. The molecule has 0 saturated heterocycles. The van der Waals surface area contributed by atoms with Crippen LogP contribution in [-0.4, -0.2) is 14.1 Å². The van der Waals surface area contributed by atoms with Crippen molar-refractivity contribution < 1.29 is 4.42 Å². The van der Waals surface area contributed by atoms with Crippen molar-refractivity contribution in [3.8, 4) is 72.4 Å². The average molecular weight is 818 g/mol. The molecule has 13 rings (SSSR count). The number of aromatic nitrogens is 1. The van der Waals surface area contributed by atoms with Crippen LogP contribution in [0, 0.1) is 0 Å². The molecule has 0 amide bonds. The van der Waals surface area contributed by atoms with E-state index in [-0.39, 0.29) is 0 Å². The van der Waals surface area contributed by atoms with Crippen LogP contribution >= 0.6 is 0 Å². The smallest absolute Gasteiger partial charge is 0.143 e. The molecule has 1 aliphatic rings. The van der Waals surface area contributed by atoms with E-state index in [2.05, 4.69) is 223 Å². The maximum Gasteiger partial charge on any atom is 0.143 e. The van der Waals surface area contributed by atoms with E-state index in [9.17, 15) is 0 Å². The SMILES string of the molecule is c1ccc(-c2ccc(-c3ccc4c(c3)c3cc(-c5ccc(-c6ccccc6)cc5)ccc3n4-c3ccc4c(c3)[SiH2]c3cc(-c5cccc6c5oc5ccccc56)ccc3-4)cc2)cc1. The van der Waals surface area contributed by atoms with Gasteiger partial charge < -0.3 is 8.98 Å². The van der Waals surface area contributed by atoms with E-state index in [4.69, 9.17) is 4.42 Å². The van der Waals surface area contributed by atoms with Crippen LogP contribution in [0.1, 0.15) is 0 Å². The van der Waals surface area contributed by atoms with Crippen LogP contribution in [0.3, 0.4) is 0 Å². The summed E-state index contributed by atoms with van der Waals surface area (Å²) >= 11 is 0. The highest BCUT2D eigenvalue weighted by atomic mass is 28.2. The summed E-state index contributed by atoms with van der Waals surface area (Å²) in [5.74, 6) is 0. The molecule has 12 aromatic rings. The third-order valence-electron chi connectivity index (χ3n) is 13.3. The van der Waals surface area contributed by atoms with Gasteiger partial charge in [-0.05, 0) is 104 Å². The van der Waals surface area contributed by atoms with Crippen LogP contribution in [0.5, 0.6) is 0 Å². The molecular formula is C60H39NOSi. The molecule has 0 radical (unpaired) electrons. The molecular weight excluding hydrogens is 779 g/mol. The highest BCUT2D eigenvalue weighted by molar-refractivity contribution is 6.73. The molecule has 3 heterocycles. The Balaban J connectivity index is 0.905. The van der Waals surface area contributed by atoms with Crippen molar-refractivity contribution >= 4 is 63.6 Å². The van der Waals surface area contributed by atoms with Gasteiger partial charge in [0.1, 0.15) is 11.2 Å². The molecule has 3 heteroatoms. The predicted molar refractivity (Wildman–Crippen MR) is 268 cm³/mol. The van der Waals surface area contributed by atoms with Crippen molar-refractivity contribution in [2.45, 2.75) is 0 Å². The van der Waals surface area contributed by atoms with Gasteiger partial charge in [-0.25, -0.2) is 0 Å². The van der Waals surface area contributed by atoms with Gasteiger partial charge in [0.15, 0.2) is 0 Å². The fraction of sp³-hybridized carbons (Fsp3) is 0. The van der Waals surface area contributed by atoms with E-state index < -0.39 is 9.52 Å². The lowest BCUT2D eigenvalue weighted by molar-refractivity contribution is 0.670. The predicted octanol–water partition coefficient (Wildman–Crippen LogP) is 14.1. The van der Waals surface area contributed by atoms with E-state index in [1.165, 1.54) is 104 Å². The first-order valence-electron chi connectivity index (χ1n) is 21.8. The van der Waals surface area contributed by atoms with Gasteiger partial charge in [-0.2, -0.15) is 0 Å². The molecule has 2 nitrogen and oxygen atoms in total. The van der Waals surface area contributed by atoms with Gasteiger partial charge in [-0.1, -0.05) is 192 Å². The maximum atomic E-state index is 6.46. The molecule has 0 atom stereocenters. The first-order chi connectivity index (χ1) is 31.2. The van der Waals surface area contributed by atoms with Gasteiger partial charge in [0.05, 0.1) is 20.6 Å². The molecule has 0 saturated carbocycles. The van der Waals surface area contributed by atoms with Crippen LogP contribution in [0.2, 0.25) is 0 Å². The van der Waals surface area contributed by atoms with E-state index >= 15 is 0 Å². The summed E-state index contributed by atoms with van der Waals surface area (Å²) in [7, 11) is -0.747. The first-order valence-corrected chi connectivity index (χ1v) is 23.2. The van der Waals surface area contributed by atoms with Gasteiger partial charge in [-0.3, -0.25) is 0 Å². The molecule has 0 fully saturated rings. The summed E-state index contributed by atoms with van der Waals surface area (Å²) in [5.41, 5.74) is 20.4. The Morgan fingerprint density at radius 3 is 1.40 bits per heavy atom. The highest BCUT2D eigenvalue weighted by Crippen LogP contribution is 2.40. The van der Waals surface area contributed by atoms with Crippen molar-refractivity contribution in [3.63, 3.8) is 0 Å². The lowest BCUT2D eigenvalue weighted by Gasteiger charge is -2.11. The summed E-state index contributed by atoms with van der Waals surface area (Å²) in [5, 5.41) is 7.81. The summed E-state index contributed by atoms with van der Waals surface area (Å²) in [6.45, 7) is 0. The van der Waals surface area contributed by atoms with Gasteiger partial charge >= 0.3 is 0 Å². The largest absolute Gasteiger partial charge is 0.455 e. The standard InChI is InChI=1S/C60H39NOSi/c1-3-10-38(11-4-1)40-18-22-42(23-19-40)44-27-32-55-53(34-44)54-35-45(43-24-20-41(21-25-43)39-12-5-2-6-13-39)28-33-56(54)61(55)47-29-31-51-50-30-26-46(36-58(50)63-59(51)37-47)48-15-9-16-52-49-14-7-8-17-57(49)62-60(48)52/h1-37H,63H2. The van der Waals surface area contributed by atoms with Crippen molar-refractivity contribution in [1.82, 2.24) is 4.57 Å². The number of para-hydroxylation sites is 2. The number of fused-ring (bicyclic) bond motifs is 9. The Hall–Kier alpha value is -7.98. The van der Waals surface area contributed by atoms with Crippen LogP contribution in [-0.2, 0) is 0 Å². The summed E-state index contributed by atoms with van der Waals surface area (Å²) < 4.78 is 8.95. The van der Waals surface area contributed by atoms with Gasteiger partial charge in [-0.15, -0.1) is 0 Å². The Morgan fingerprint density at radius 1 is 0.302 bits per heavy atom. The number of benzene rings is 10. The molecule has 10 aromatic carbocycles. The van der Waals surface area contributed by atoms with Crippen molar-refractivity contribution in [2.75, 3.05) is 0 Å². The molecule has 1 aliphatic heterocycles. The topological polar surface area (TPSA) is 18.1 Å². The minimum Gasteiger partial charge on any atom is -0.455 e. The number of rotatable bonds is 6. The number of furan rings is 1. The highest BCUT2D eigenvalue weighted by Gasteiger charge is 2.23. The molecule has 0 spiro atoms. The second-order valence-corrected chi connectivity index (χ2v) is 18.7. The third kappa shape index (κ3) is 5.93. The van der Waals surface area contributed by atoms with Crippen LogP contribution < -0.4 is 10.4 Å². The zero-order valence-corrected chi connectivity index (χ0v) is 35.8. The Bertz CT molecular complexity index is 3590. The lowest BCUT2D eigenvalue weighted by Crippen LogP contribution is -2.21. The quantitative estimate of drug-likeness (QED) is 0.153. The molecule has 0 bridgehead atoms. The molecule has 0 unspecified atom stereocenters. The zero-order chi connectivity index (χ0) is 41.4. The Kier molecular flexibility index (Phi) is 8.12. The number of hydrogen-bond acceptors (Lipinski definition) is 1. The molecule has 0 N–H and O–H groups in total. The third-order valence-corrected chi connectivity index (χ3v) is 15.2. The fourth-order valence-corrected chi connectivity index (χ4v) is 12.2. The normalized spacial score (nSPS) is 12.4. The second kappa shape index (κ2) is 14.3. The molecule has 63 heavy (non-hydrogen) atoms. The number of hydrogen-bond donors (Lipinski definition) is 0. The van der Waals surface area contributed by atoms with Gasteiger partial charge in [0.25, 0.3) is 0 Å². The summed E-state index contributed by atoms with van der Waals surface area (Å²) in [4.78, 5) is 0. The van der Waals surface area contributed by atoms with Crippen LogP contribution in [0.25, 0.3) is 116 Å². The van der Waals surface area contributed by atoms with Gasteiger partial charge in [0.2, 0.25) is 0 Å². The average Bonchev–Trinajstić information content (AvgIpc) is 4.03. The van der Waals surface area contributed by atoms with Crippen molar-refractivity contribution in [3.05, 3.63) is 224 Å². The van der Waals surface area contributed by atoms with Crippen molar-refractivity contribution in [1.29, 1.82) is 0 Å². The maximum absolute atomic E-state index is 6.46.